The molecule has 0 spiro atoms. The van der Waals surface area contributed by atoms with Crippen LogP contribution in [-0.2, 0) is 57.0 Å². The van der Waals surface area contributed by atoms with Crippen LogP contribution in [0.2, 0.25) is 0 Å². The van der Waals surface area contributed by atoms with E-state index in [0.717, 1.165) is 0 Å². The van der Waals surface area contributed by atoms with E-state index < -0.39 is 45.9 Å². The van der Waals surface area contributed by atoms with Crippen LogP contribution in [0, 0.1) is 0 Å². The van der Waals surface area contributed by atoms with Crippen LogP contribution in [0.1, 0.15) is 0 Å². The van der Waals surface area contributed by atoms with Crippen molar-refractivity contribution in [2.75, 3.05) is 0 Å². The molecule has 126 valence electrons. The van der Waals surface area contributed by atoms with Gasteiger partial charge in [-0.25, -0.2) is 0 Å². The molecule has 24 heavy (non-hydrogen) atoms. The van der Waals surface area contributed by atoms with Gasteiger partial charge in [0.2, 0.25) is 0 Å². The van der Waals surface area contributed by atoms with Gasteiger partial charge in [0.25, 0.3) is 0 Å². The van der Waals surface area contributed by atoms with Crippen molar-refractivity contribution in [2.24, 2.45) is 0 Å². The van der Waals surface area contributed by atoms with E-state index in [2.05, 4.69) is 0 Å². The van der Waals surface area contributed by atoms with Crippen LogP contribution in [0.15, 0.2) is 0 Å². The van der Waals surface area contributed by atoms with E-state index in [-0.39, 0.29) is 110 Å². The van der Waals surface area contributed by atoms with Gasteiger partial charge in [0.15, 0.2) is 0 Å². The zero-order chi connectivity index (χ0) is 17.9. The summed E-state index contributed by atoms with van der Waals surface area (Å²) in [6.07, 6.45) is 0. The molecule has 0 fully saturated rings. The molecule has 0 heterocycles. The number of hydrogen-bond donors (Lipinski definition) is 0. The topological polar surface area (TPSA) is 316 Å². The smallest absolute Gasteiger partial charge is 0.672 e. The largest absolute Gasteiger partial charge is 3.00 e. The molecule has 0 aromatic rings. The predicted octanol–water partition coefficient (Wildman–Crippen LogP) is -15.2. The normalized spacial score (nSPS) is 5.00. The van der Waals surface area contributed by atoms with Crippen molar-refractivity contribution in [2.45, 2.75) is 0 Å². The quantitative estimate of drug-likeness (QED) is 0.246. The van der Waals surface area contributed by atoms with Crippen molar-refractivity contribution in [3.63, 3.8) is 0 Å². The summed E-state index contributed by atoms with van der Waals surface area (Å²) in [6.45, 7) is 0. The van der Waals surface area contributed by atoms with Gasteiger partial charge >= 0.3 is 110 Å². The summed E-state index contributed by atoms with van der Waals surface area (Å²) in [7, 11) is -18.1. The van der Waals surface area contributed by atoms with E-state index in [4.69, 9.17) is 70.3 Å². The first-order valence-corrected chi connectivity index (χ1v) is 9.19. The van der Waals surface area contributed by atoms with Crippen molar-refractivity contribution in [3.8, 4) is 0 Å². The van der Waals surface area contributed by atoms with Crippen LogP contribution in [0.4, 0.5) is 0 Å². The third-order valence-electron chi connectivity index (χ3n) is 0. The Balaban J connectivity index is -0.0000000161. The van der Waals surface area contributed by atoms with Gasteiger partial charge in [-0.15, -0.1) is 0 Å². The minimum Gasteiger partial charge on any atom is -0.672 e. The van der Waals surface area contributed by atoms with E-state index in [1.165, 1.54) is 0 Å². The summed E-state index contributed by atoms with van der Waals surface area (Å²) in [5.41, 5.74) is 0. The Morgan fingerprint density at radius 2 is 0.333 bits per heavy atom. The van der Waals surface area contributed by atoms with Crippen LogP contribution in [0.3, 0.4) is 0 Å². The molecule has 0 aromatic heterocycles. The minimum absolute atomic E-state index is 0. The molecule has 0 saturated carbocycles. The van der Waals surface area contributed by atoms with Crippen molar-refractivity contribution in [3.05, 3.63) is 0 Å². The molecule has 0 bridgehead atoms. The fraction of sp³-hybridized carbons (Fsp3) is 0. The van der Waals surface area contributed by atoms with Gasteiger partial charge in [0.05, 0.1) is 0 Å². The van der Waals surface area contributed by atoms with Crippen LogP contribution in [-0.4, -0.2) is 121 Å². The first-order valence-electron chi connectivity index (χ1n) is 3.06. The van der Waals surface area contributed by atoms with E-state index in [9.17, 15) is 0 Å². The molecule has 0 aromatic carbocycles. The van der Waals surface area contributed by atoms with Crippen molar-refractivity contribution in [1.29, 1.82) is 0 Å². The Hall–Kier alpha value is 1.67. The summed E-state index contributed by atoms with van der Waals surface area (Å²) >= 11 is 0. The zero-order valence-electron chi connectivity index (χ0n) is 10.9. The van der Waals surface area contributed by atoms with E-state index in [1.807, 2.05) is 0 Å². The molecule has 0 N–H and O–H groups in total. The molecule has 0 aliphatic carbocycles. The van der Waals surface area contributed by atoms with Gasteiger partial charge in [-0.2, -0.15) is 0 Å². The maximum absolute atomic E-state index is 8.52. The maximum atomic E-state index is 8.52. The predicted molar refractivity (Wildman–Crippen MR) is 43.7 cm³/mol. The first kappa shape index (κ1) is 56.2. The Bertz CT molecular complexity index is 221. The third-order valence-corrected chi connectivity index (χ3v) is 0. The molecular weight excluding hydrogens is 565 g/mol. The average molecular weight is 565 g/mol. The Morgan fingerprint density at radius 1 is 0.333 bits per heavy atom. The molecule has 0 amide bonds. The van der Waals surface area contributed by atoms with Crippen LogP contribution >= 0.6 is 0 Å². The van der Waals surface area contributed by atoms with E-state index in [1.54, 1.807) is 0 Å². The van der Waals surface area contributed by atoms with E-state index in [0.29, 0.717) is 0 Å². The monoisotopic (exact) mass is 564 g/mol. The fourth-order valence-electron chi connectivity index (χ4n) is 0. The molecule has 0 saturated heterocycles. The van der Waals surface area contributed by atoms with Crippen LogP contribution in [0.25, 0.3) is 0 Å². The van der Waals surface area contributed by atoms with Gasteiger partial charge in [-0.1, -0.05) is 0 Å². The van der Waals surface area contributed by atoms with E-state index >= 15 is 0 Å². The van der Waals surface area contributed by atoms with Crippen LogP contribution in [0.5, 0.6) is 0 Å². The number of hydrogen-bond acceptors (Lipinski definition) is 15. The summed E-state index contributed by atoms with van der Waals surface area (Å²) in [5.74, 6) is 0. The third kappa shape index (κ3) is 4370. The average Bonchev–Trinajstić information content (AvgIpc) is 1.94. The van der Waals surface area contributed by atoms with Gasteiger partial charge in [-0.05, 0) is 0 Å². The molecule has 15 nitrogen and oxygen atoms in total. The van der Waals surface area contributed by atoms with Crippen molar-refractivity contribution >= 4 is 121 Å². The second-order valence-electron chi connectivity index (χ2n) is 1.25. The molecule has 0 atom stereocenters. The SMILES string of the molecule is O=[Si]([O-])[O-].O=[Si]([O-])[O-].O=[Si]([O-])[O-].O=[Si]([O-])[O-].O=[Si]([O-])[O-].[Ca+2].[Ca+2].[Cr+3].[Cr+3]. The first-order chi connectivity index (χ1) is 8.66. The Kier molecular flexibility index (Phi) is 117. The molecule has 0 aliphatic rings. The van der Waals surface area contributed by atoms with Crippen molar-refractivity contribution < 1.29 is 105 Å². The Morgan fingerprint density at radius 3 is 0.333 bits per heavy atom. The molecule has 2 radical (unpaired) electrons. The molecule has 0 aliphatic heterocycles. The number of rotatable bonds is 0. The van der Waals surface area contributed by atoms with Crippen molar-refractivity contribution in [1.82, 2.24) is 0 Å². The van der Waals surface area contributed by atoms with Gasteiger partial charge in [0, 0.05) is 45.9 Å². The second-order valence-corrected chi connectivity index (χ2v) is 3.75. The van der Waals surface area contributed by atoms with Gasteiger partial charge in [-0.3, -0.25) is 0 Å². The molecule has 24 heteroatoms. The summed E-state index contributed by atoms with van der Waals surface area (Å²) in [6, 6.07) is 0. The minimum atomic E-state index is -3.63. The molecular formula is Ca2Cr2O15Si5. The fourth-order valence-corrected chi connectivity index (χ4v) is 0. The summed E-state index contributed by atoms with van der Waals surface area (Å²) in [4.78, 5) is 85.2. The summed E-state index contributed by atoms with van der Waals surface area (Å²) in [5, 5.41) is 0. The van der Waals surface area contributed by atoms with Crippen LogP contribution < -0.4 is 48.0 Å². The Labute approximate surface area is 223 Å². The van der Waals surface area contributed by atoms with Gasteiger partial charge < -0.3 is 70.3 Å². The second kappa shape index (κ2) is 49.7. The zero-order valence-corrected chi connectivity index (χ0v) is 22.8. The molecule has 0 unspecified atom stereocenters. The van der Waals surface area contributed by atoms with Gasteiger partial charge in [0.1, 0.15) is 0 Å². The standard InChI is InChI=1S/2Ca.2Cr.5O3Si/c;;;;5*1-4(2)3/q2*+2;2*+3;5*-2. The summed E-state index contributed by atoms with van der Waals surface area (Å²) < 4.78 is 42.6. The maximum Gasteiger partial charge on any atom is 3.00 e. The molecule has 0 rings (SSSR count).